The third-order valence-corrected chi connectivity index (χ3v) is 21.8. The summed E-state index contributed by atoms with van der Waals surface area (Å²) in [5.74, 6) is -3.29. The Morgan fingerprint density at radius 2 is 1.20 bits per heavy atom. The summed E-state index contributed by atoms with van der Waals surface area (Å²) < 4.78 is 108. The number of hydrogen-bond donors (Lipinski definition) is 1. The summed E-state index contributed by atoms with van der Waals surface area (Å²) >= 11 is 0. The maximum Gasteiger partial charge on any atom is 0.308 e. The van der Waals surface area contributed by atoms with Crippen molar-refractivity contribution in [3.63, 3.8) is 0 Å². The zero-order valence-electron chi connectivity index (χ0n) is 46.6. The SMILES string of the molecule is C=C1C[C@@H]2CC[C@@]34C[C@H]5O[C@H]6[C@@H](O3)[C@H]3O[C@H](CC[C@@H]3O[C@H]6[C@H]5O4)CC(=O)O[C@@H]3[C@@H](C)[C@@H]4O[C@@H]5C[C@]6(C[C@@H]7O[C@]8(C[C@H](C)[C@@H]9O[C@H](CC(=O)OC)[C@H](O)C[C@@H]9O8)C[C@H](C)[C@@H]7O6)O[C@@H]5C[C@@H]4O[C@H]3C[C@H]3O[C@@H](CC[C@@H]1O2)C[C@@H](C)C3=C. The molecule has 16 aliphatic rings. The Bertz CT molecular complexity index is 2390. The summed E-state index contributed by atoms with van der Waals surface area (Å²) in [5.41, 5.74) is 2.15. The first kappa shape index (κ1) is 53.5. The number of ether oxygens (including phenoxy) is 16. The van der Waals surface area contributed by atoms with Crippen LogP contribution in [-0.4, -0.2) is 188 Å². The molecule has 16 aliphatic heterocycles. The third kappa shape index (κ3) is 9.30. The van der Waals surface area contributed by atoms with E-state index in [2.05, 4.69) is 40.9 Å². The van der Waals surface area contributed by atoms with E-state index >= 15 is 0 Å². The van der Waals surface area contributed by atoms with E-state index in [-0.39, 0.29) is 140 Å². The van der Waals surface area contributed by atoms with E-state index in [1.807, 2.05) is 0 Å². The van der Waals surface area contributed by atoms with Gasteiger partial charge in [-0.1, -0.05) is 40.9 Å². The second-order valence-corrected chi connectivity index (χ2v) is 27.2. The van der Waals surface area contributed by atoms with E-state index in [1.54, 1.807) is 0 Å². The van der Waals surface area contributed by atoms with Crippen LogP contribution >= 0.6 is 0 Å². The van der Waals surface area contributed by atoms with Gasteiger partial charge in [-0.3, -0.25) is 9.59 Å². The number of methoxy groups -OCH3 is 1. The summed E-state index contributed by atoms with van der Waals surface area (Å²) in [4.78, 5) is 26.7. The van der Waals surface area contributed by atoms with Crippen molar-refractivity contribution in [3.05, 3.63) is 24.3 Å². The molecule has 16 saturated heterocycles. The summed E-state index contributed by atoms with van der Waals surface area (Å²) in [7, 11) is 1.34. The average Bonchev–Trinajstić information content (AvgIpc) is 4.33. The lowest BCUT2D eigenvalue weighted by Gasteiger charge is -2.54. The van der Waals surface area contributed by atoms with E-state index < -0.39 is 72.2 Å². The summed E-state index contributed by atoms with van der Waals surface area (Å²) in [6, 6.07) is 0. The van der Waals surface area contributed by atoms with Crippen molar-refractivity contribution in [3.8, 4) is 0 Å². The van der Waals surface area contributed by atoms with Gasteiger partial charge in [-0.15, -0.1) is 0 Å². The van der Waals surface area contributed by atoms with Crippen molar-refractivity contribution in [2.24, 2.45) is 23.7 Å². The number of aliphatic hydroxyl groups excluding tert-OH is 1. The van der Waals surface area contributed by atoms with E-state index in [9.17, 15) is 14.7 Å². The smallest absolute Gasteiger partial charge is 0.308 e. The Balaban J connectivity index is 0.657. The topological polar surface area (TPSA) is 202 Å². The van der Waals surface area contributed by atoms with Crippen LogP contribution in [0, 0.1) is 23.7 Å². The van der Waals surface area contributed by atoms with E-state index in [0.717, 1.165) is 49.7 Å². The zero-order valence-corrected chi connectivity index (χ0v) is 46.6. The molecule has 16 heterocycles. The Morgan fingerprint density at radius 1 is 0.532 bits per heavy atom. The van der Waals surface area contributed by atoms with E-state index in [1.165, 1.54) is 7.11 Å². The lowest BCUT2D eigenvalue weighted by Crippen LogP contribution is -2.62. The highest BCUT2D eigenvalue weighted by Crippen LogP contribution is 2.58. The van der Waals surface area contributed by atoms with Crippen molar-refractivity contribution >= 4 is 11.9 Å². The Labute approximate surface area is 463 Å². The number of carbonyl (C=O) groups excluding carboxylic acids is 2. The van der Waals surface area contributed by atoms with Crippen molar-refractivity contribution in [2.75, 3.05) is 7.11 Å². The highest BCUT2D eigenvalue weighted by molar-refractivity contribution is 5.70. The first-order valence-corrected chi connectivity index (χ1v) is 30.6. The number of esters is 2. The van der Waals surface area contributed by atoms with Crippen molar-refractivity contribution in [1.29, 1.82) is 0 Å². The molecule has 12 bridgehead atoms. The van der Waals surface area contributed by atoms with Crippen LogP contribution in [0.5, 0.6) is 0 Å². The second kappa shape index (κ2) is 20.0. The van der Waals surface area contributed by atoms with Gasteiger partial charge in [0, 0.05) is 63.7 Å². The van der Waals surface area contributed by atoms with Crippen LogP contribution in [0.15, 0.2) is 24.3 Å². The fourth-order valence-corrected chi connectivity index (χ4v) is 18.1. The molecule has 16 rings (SSSR count). The van der Waals surface area contributed by atoms with Crippen LogP contribution in [-0.2, 0) is 85.4 Å². The molecule has 0 saturated carbocycles. The molecule has 3 spiro atoms. The quantitative estimate of drug-likeness (QED) is 0.259. The third-order valence-electron chi connectivity index (χ3n) is 21.8. The van der Waals surface area contributed by atoms with Gasteiger partial charge in [0.2, 0.25) is 0 Å². The number of carbonyl (C=O) groups is 2. The number of hydrogen-bond acceptors (Lipinski definition) is 19. The van der Waals surface area contributed by atoms with Gasteiger partial charge < -0.3 is 80.9 Å². The average molecular weight is 1110 g/mol. The van der Waals surface area contributed by atoms with E-state index in [0.29, 0.717) is 64.2 Å². The summed E-state index contributed by atoms with van der Waals surface area (Å²) in [6.45, 7) is 17.8. The molecule has 0 aliphatic carbocycles. The molecule has 0 radical (unpaired) electrons. The standard InChI is InChI=1S/C60H84O19/c1-26-14-32-8-10-36-27(2)15-34(65-36)12-13-58-24-45-54(78-58)55-56(72-45)57(79-58)53-37(69-55)11-9-33(67-53)16-48(63)73-52-31(6)51-42(68-41(52)18-38(66-32)30(26)5)19-40-44(71-51)23-60(74-40)25-46-50(77-60)29(4)22-59(76-46)21-28(3)49-43(75-59)17-35(61)39(70-49)20-47(62)64-7/h26,28-29,31-46,49-57,61H,2,5,8-25H2,1,3-4,6-7H3/t26-,28+,29+,31+,32+,33-,34+,35-,36+,37+,38-,39-,40-,41+,42+,43+,44-,45-,46+,49+,50+,51+,52-,53+,54+,55+,56-,57+,58+,59-,60+/m1/s1. The fourth-order valence-electron chi connectivity index (χ4n) is 18.1. The second-order valence-electron chi connectivity index (χ2n) is 27.2. The minimum atomic E-state index is -0.932. The Morgan fingerprint density at radius 3 is 2.05 bits per heavy atom. The molecule has 0 aromatic carbocycles. The minimum Gasteiger partial charge on any atom is -0.469 e. The maximum atomic E-state index is 14.6. The van der Waals surface area contributed by atoms with Crippen LogP contribution in [0.1, 0.15) is 143 Å². The highest BCUT2D eigenvalue weighted by Gasteiger charge is 2.70. The molecule has 0 aromatic rings. The number of rotatable bonds is 2. The van der Waals surface area contributed by atoms with Gasteiger partial charge in [0.25, 0.3) is 0 Å². The Kier molecular flexibility index (Phi) is 13.5. The monoisotopic (exact) mass is 1110 g/mol. The lowest BCUT2D eigenvalue weighted by molar-refractivity contribution is -0.371. The summed E-state index contributed by atoms with van der Waals surface area (Å²) in [6.07, 6.45) is 2.60. The van der Waals surface area contributed by atoms with E-state index in [4.69, 9.17) is 75.8 Å². The summed E-state index contributed by atoms with van der Waals surface area (Å²) in [5, 5.41) is 11.1. The van der Waals surface area contributed by atoms with Gasteiger partial charge in [-0.2, -0.15) is 0 Å². The predicted molar refractivity (Wildman–Crippen MR) is 273 cm³/mol. The molecular formula is C60H84O19. The normalized spacial score (nSPS) is 57.4. The molecule has 19 nitrogen and oxygen atoms in total. The van der Waals surface area contributed by atoms with Crippen molar-refractivity contribution in [2.45, 2.75) is 307 Å². The van der Waals surface area contributed by atoms with Gasteiger partial charge in [0.15, 0.2) is 17.4 Å². The van der Waals surface area contributed by atoms with Crippen LogP contribution in [0.3, 0.4) is 0 Å². The molecule has 0 amide bonds. The molecule has 31 atom stereocenters. The fraction of sp³-hybridized carbons (Fsp3) is 0.900. The zero-order chi connectivity index (χ0) is 54.0. The number of aliphatic hydroxyl groups is 1. The number of fused-ring (bicyclic) bond motifs is 10. The van der Waals surface area contributed by atoms with Crippen LogP contribution in [0.2, 0.25) is 0 Å². The molecule has 79 heavy (non-hydrogen) atoms. The molecule has 16 fully saturated rings. The first-order valence-electron chi connectivity index (χ1n) is 30.6. The molecule has 438 valence electrons. The largest absolute Gasteiger partial charge is 0.469 e. The lowest BCUT2D eigenvalue weighted by atomic mass is 9.78. The molecule has 0 aromatic heterocycles. The van der Waals surface area contributed by atoms with Crippen LogP contribution in [0.25, 0.3) is 0 Å². The van der Waals surface area contributed by atoms with Gasteiger partial charge in [-0.25, -0.2) is 0 Å². The van der Waals surface area contributed by atoms with Gasteiger partial charge in [0.05, 0.1) is 130 Å². The van der Waals surface area contributed by atoms with Crippen LogP contribution in [0.4, 0.5) is 0 Å². The molecule has 1 N–H and O–H groups in total. The van der Waals surface area contributed by atoms with Crippen LogP contribution < -0.4 is 0 Å². The van der Waals surface area contributed by atoms with Gasteiger partial charge in [0.1, 0.15) is 36.6 Å². The molecule has 0 unspecified atom stereocenters. The minimum absolute atomic E-state index is 0.0112. The highest BCUT2D eigenvalue weighted by atomic mass is 16.8. The van der Waals surface area contributed by atoms with Crippen molar-refractivity contribution < 1.29 is 90.5 Å². The molecular weight excluding hydrogens is 1020 g/mol. The predicted octanol–water partition coefficient (Wildman–Crippen LogP) is 5.75. The first-order chi connectivity index (χ1) is 38.0. The maximum absolute atomic E-state index is 14.6. The van der Waals surface area contributed by atoms with Gasteiger partial charge >= 0.3 is 11.9 Å². The molecule has 19 heteroatoms. The van der Waals surface area contributed by atoms with Gasteiger partial charge in [-0.05, 0) is 73.8 Å². The van der Waals surface area contributed by atoms with Crippen molar-refractivity contribution in [1.82, 2.24) is 0 Å². The Hall–Kier alpha value is -2.18.